The molecule has 5 heteroatoms. The van der Waals surface area contributed by atoms with Crippen LogP contribution in [0, 0.1) is 12.7 Å². The van der Waals surface area contributed by atoms with Crippen molar-refractivity contribution in [2.24, 2.45) is 0 Å². The van der Waals surface area contributed by atoms with Gasteiger partial charge in [-0.05, 0) is 36.8 Å². The number of rotatable bonds is 4. The lowest BCUT2D eigenvalue weighted by molar-refractivity contribution is -0.114. The van der Waals surface area contributed by atoms with Gasteiger partial charge in [-0.2, -0.15) is 0 Å². The maximum Gasteiger partial charge on any atom is 0.243 e. The zero-order chi connectivity index (χ0) is 14.5. The van der Waals surface area contributed by atoms with Gasteiger partial charge in [-0.3, -0.25) is 4.79 Å². The lowest BCUT2D eigenvalue weighted by atomic mass is 10.2. The molecule has 0 unspecified atom stereocenters. The third-order valence-electron chi connectivity index (χ3n) is 2.69. The molecule has 20 heavy (non-hydrogen) atoms. The summed E-state index contributed by atoms with van der Waals surface area (Å²) in [5, 5.41) is 5.67. The summed E-state index contributed by atoms with van der Waals surface area (Å²) in [6, 6.07) is 11.8. The van der Waals surface area contributed by atoms with Crippen molar-refractivity contribution in [2.75, 3.05) is 17.2 Å². The Labute approximate surface area is 121 Å². The van der Waals surface area contributed by atoms with E-state index >= 15 is 0 Å². The Morgan fingerprint density at radius 3 is 2.70 bits per heavy atom. The summed E-state index contributed by atoms with van der Waals surface area (Å²) in [6.45, 7) is 1.88. The minimum Gasteiger partial charge on any atom is -0.373 e. The molecule has 2 N–H and O–H groups in total. The van der Waals surface area contributed by atoms with E-state index in [1.807, 2.05) is 25.1 Å². The summed E-state index contributed by atoms with van der Waals surface area (Å²) in [7, 11) is 0. The molecule has 0 aliphatic carbocycles. The van der Waals surface area contributed by atoms with Crippen LogP contribution >= 0.6 is 11.6 Å². The highest BCUT2D eigenvalue weighted by atomic mass is 35.5. The highest BCUT2D eigenvalue weighted by Gasteiger charge is 2.08. The van der Waals surface area contributed by atoms with Gasteiger partial charge in [-0.25, -0.2) is 4.39 Å². The van der Waals surface area contributed by atoms with Crippen LogP contribution in [0.3, 0.4) is 0 Å². The van der Waals surface area contributed by atoms with E-state index in [4.69, 9.17) is 11.6 Å². The summed E-state index contributed by atoms with van der Waals surface area (Å²) in [6.07, 6.45) is 0. The SMILES string of the molecule is Cc1cccc(NC(=O)CNc2c(F)cccc2Cl)c1. The van der Waals surface area contributed by atoms with Crippen LogP contribution in [0.2, 0.25) is 5.02 Å². The van der Waals surface area contributed by atoms with Crippen molar-refractivity contribution < 1.29 is 9.18 Å². The van der Waals surface area contributed by atoms with Crippen LogP contribution in [-0.4, -0.2) is 12.5 Å². The molecular weight excluding hydrogens is 279 g/mol. The number of benzene rings is 2. The van der Waals surface area contributed by atoms with Gasteiger partial charge >= 0.3 is 0 Å². The van der Waals surface area contributed by atoms with Gasteiger partial charge in [-0.1, -0.05) is 29.8 Å². The van der Waals surface area contributed by atoms with E-state index in [0.29, 0.717) is 5.69 Å². The molecule has 0 aromatic heterocycles. The smallest absolute Gasteiger partial charge is 0.243 e. The predicted octanol–water partition coefficient (Wildman–Crippen LogP) is 3.84. The van der Waals surface area contributed by atoms with Crippen LogP contribution in [0.5, 0.6) is 0 Å². The highest BCUT2D eigenvalue weighted by Crippen LogP contribution is 2.24. The molecule has 0 spiro atoms. The minimum atomic E-state index is -0.485. The second-order valence-electron chi connectivity index (χ2n) is 4.37. The molecule has 0 saturated carbocycles. The van der Waals surface area contributed by atoms with Crippen molar-refractivity contribution in [3.63, 3.8) is 0 Å². The van der Waals surface area contributed by atoms with E-state index in [1.54, 1.807) is 12.1 Å². The van der Waals surface area contributed by atoms with Gasteiger partial charge in [0.1, 0.15) is 5.82 Å². The zero-order valence-corrected chi connectivity index (χ0v) is 11.7. The molecule has 0 saturated heterocycles. The summed E-state index contributed by atoms with van der Waals surface area (Å²) in [5.41, 5.74) is 1.89. The molecule has 2 aromatic carbocycles. The number of amides is 1. The first-order valence-electron chi connectivity index (χ1n) is 6.10. The third kappa shape index (κ3) is 3.71. The highest BCUT2D eigenvalue weighted by molar-refractivity contribution is 6.33. The first-order chi connectivity index (χ1) is 9.56. The third-order valence-corrected chi connectivity index (χ3v) is 3.01. The van der Waals surface area contributed by atoms with Crippen molar-refractivity contribution in [3.05, 3.63) is 58.9 Å². The minimum absolute atomic E-state index is 0.0609. The summed E-state index contributed by atoms with van der Waals surface area (Å²) >= 11 is 5.86. The molecule has 2 rings (SSSR count). The molecule has 104 valence electrons. The van der Waals surface area contributed by atoms with Gasteiger partial charge in [0.25, 0.3) is 0 Å². The van der Waals surface area contributed by atoms with Crippen molar-refractivity contribution in [1.82, 2.24) is 0 Å². The molecule has 1 amide bonds. The topological polar surface area (TPSA) is 41.1 Å². The Kier molecular flexibility index (Phi) is 4.58. The Balaban J connectivity index is 1.96. The van der Waals surface area contributed by atoms with Crippen molar-refractivity contribution >= 4 is 28.9 Å². The average Bonchev–Trinajstić information content (AvgIpc) is 2.38. The maximum atomic E-state index is 13.5. The van der Waals surface area contributed by atoms with Crippen molar-refractivity contribution in [1.29, 1.82) is 0 Å². The zero-order valence-electron chi connectivity index (χ0n) is 10.9. The molecule has 0 aliphatic heterocycles. The standard InChI is InChI=1S/C15H14ClFN2O/c1-10-4-2-5-11(8-10)19-14(20)9-18-15-12(16)6-3-7-13(15)17/h2-8,18H,9H2,1H3,(H,19,20). The lowest BCUT2D eigenvalue weighted by Crippen LogP contribution is -2.22. The quantitative estimate of drug-likeness (QED) is 0.899. The predicted molar refractivity (Wildman–Crippen MR) is 79.7 cm³/mol. The van der Waals surface area contributed by atoms with E-state index in [-0.39, 0.29) is 23.2 Å². The van der Waals surface area contributed by atoms with E-state index in [9.17, 15) is 9.18 Å². The van der Waals surface area contributed by atoms with Gasteiger partial charge in [0.15, 0.2) is 0 Å². The lowest BCUT2D eigenvalue weighted by Gasteiger charge is -2.10. The van der Waals surface area contributed by atoms with Gasteiger partial charge in [0.05, 0.1) is 17.3 Å². The molecular formula is C15H14ClFN2O. The number of hydrogen-bond acceptors (Lipinski definition) is 2. The fourth-order valence-corrected chi connectivity index (χ4v) is 1.99. The molecule has 0 fully saturated rings. The van der Waals surface area contributed by atoms with Crippen molar-refractivity contribution in [3.8, 4) is 0 Å². The van der Waals surface area contributed by atoms with E-state index < -0.39 is 5.82 Å². The number of halogens is 2. The maximum absolute atomic E-state index is 13.5. The molecule has 3 nitrogen and oxygen atoms in total. The fraction of sp³-hybridized carbons (Fsp3) is 0.133. The molecule has 0 bridgehead atoms. The second kappa shape index (κ2) is 6.39. The second-order valence-corrected chi connectivity index (χ2v) is 4.78. The summed E-state index contributed by atoms with van der Waals surface area (Å²) < 4.78 is 13.5. The van der Waals surface area contributed by atoms with Gasteiger partial charge in [0.2, 0.25) is 5.91 Å². The van der Waals surface area contributed by atoms with Crippen LogP contribution in [0.4, 0.5) is 15.8 Å². The van der Waals surface area contributed by atoms with Crippen molar-refractivity contribution in [2.45, 2.75) is 6.92 Å². The molecule has 2 aromatic rings. The number of anilines is 2. The monoisotopic (exact) mass is 292 g/mol. The van der Waals surface area contributed by atoms with Crippen LogP contribution in [0.25, 0.3) is 0 Å². The van der Waals surface area contributed by atoms with Gasteiger partial charge in [0, 0.05) is 5.69 Å². The van der Waals surface area contributed by atoms with Crippen LogP contribution < -0.4 is 10.6 Å². The van der Waals surface area contributed by atoms with Gasteiger partial charge in [-0.15, -0.1) is 0 Å². The van der Waals surface area contributed by atoms with Crippen LogP contribution in [0.15, 0.2) is 42.5 Å². The number of hydrogen-bond donors (Lipinski definition) is 2. The fourth-order valence-electron chi connectivity index (χ4n) is 1.76. The molecule has 0 radical (unpaired) electrons. The normalized spacial score (nSPS) is 10.2. The summed E-state index contributed by atoms with van der Waals surface area (Å²) in [4.78, 5) is 11.8. The first kappa shape index (κ1) is 14.3. The van der Waals surface area contributed by atoms with Gasteiger partial charge < -0.3 is 10.6 Å². The van der Waals surface area contributed by atoms with E-state index in [0.717, 1.165) is 5.56 Å². The number of nitrogens with one attached hydrogen (secondary N) is 2. The summed E-state index contributed by atoms with van der Waals surface area (Å²) in [5.74, 6) is -0.754. The Morgan fingerprint density at radius 1 is 1.25 bits per heavy atom. The Hall–Kier alpha value is -2.07. The Morgan fingerprint density at radius 2 is 2.00 bits per heavy atom. The largest absolute Gasteiger partial charge is 0.373 e. The number of para-hydroxylation sites is 1. The molecule has 0 aliphatic rings. The van der Waals surface area contributed by atoms with Crippen LogP contribution in [-0.2, 0) is 4.79 Å². The molecule has 0 heterocycles. The number of carbonyl (C=O) groups excluding carboxylic acids is 1. The number of carbonyl (C=O) groups is 1. The van der Waals surface area contributed by atoms with Crippen LogP contribution in [0.1, 0.15) is 5.56 Å². The first-order valence-corrected chi connectivity index (χ1v) is 6.48. The van der Waals surface area contributed by atoms with E-state index in [2.05, 4.69) is 10.6 Å². The number of aryl methyl sites for hydroxylation is 1. The van der Waals surface area contributed by atoms with E-state index in [1.165, 1.54) is 12.1 Å². The Bertz CT molecular complexity index is 611. The average molecular weight is 293 g/mol. The molecule has 0 atom stereocenters.